The Morgan fingerprint density at radius 2 is 2.07 bits per heavy atom. The van der Waals surface area contributed by atoms with Gasteiger partial charge in [0.25, 0.3) is 0 Å². The molecule has 1 heteroatoms. The topological polar surface area (TPSA) is 12.4 Å². The van der Waals surface area contributed by atoms with E-state index in [-0.39, 0.29) is 0 Å². The van der Waals surface area contributed by atoms with Crippen molar-refractivity contribution >= 4 is 11.9 Å². The first kappa shape index (κ1) is 9.20. The molecular weight excluding hydrogens is 170 g/mol. The van der Waals surface area contributed by atoms with Crippen LogP contribution in [0.15, 0.2) is 41.4 Å². The van der Waals surface area contributed by atoms with Crippen molar-refractivity contribution in [2.24, 2.45) is 10.9 Å². The van der Waals surface area contributed by atoms with Gasteiger partial charge in [0, 0.05) is 6.21 Å². The van der Waals surface area contributed by atoms with E-state index in [2.05, 4.69) is 42.3 Å². The summed E-state index contributed by atoms with van der Waals surface area (Å²) in [5.41, 5.74) is 2.35. The second kappa shape index (κ2) is 4.23. The van der Waals surface area contributed by atoms with Gasteiger partial charge in [-0.25, -0.2) is 0 Å². The van der Waals surface area contributed by atoms with Gasteiger partial charge in [0.1, 0.15) is 0 Å². The fourth-order valence-electron chi connectivity index (χ4n) is 1.68. The summed E-state index contributed by atoms with van der Waals surface area (Å²) in [5.74, 6) is 0.669. The van der Waals surface area contributed by atoms with Gasteiger partial charge >= 0.3 is 0 Å². The lowest BCUT2D eigenvalue weighted by molar-refractivity contribution is 0.656. The molecule has 0 amide bonds. The molecule has 0 fully saturated rings. The molecule has 1 heterocycles. The molecule has 72 valence electrons. The van der Waals surface area contributed by atoms with Gasteiger partial charge < -0.3 is 0 Å². The van der Waals surface area contributed by atoms with E-state index in [0.29, 0.717) is 5.92 Å². The molecule has 2 rings (SSSR count). The highest BCUT2D eigenvalue weighted by atomic mass is 14.7. The highest BCUT2D eigenvalue weighted by Gasteiger charge is 2.08. The number of nitrogens with zero attached hydrogens (tertiary/aromatic N) is 1. The van der Waals surface area contributed by atoms with Crippen molar-refractivity contribution in [2.75, 3.05) is 0 Å². The smallest absolute Gasteiger partial charge is 0.0661 e. The molecule has 0 radical (unpaired) electrons. The third-order valence-corrected chi connectivity index (χ3v) is 2.63. The van der Waals surface area contributed by atoms with Crippen molar-refractivity contribution in [2.45, 2.75) is 19.8 Å². The Morgan fingerprint density at radius 3 is 2.79 bits per heavy atom. The maximum Gasteiger partial charge on any atom is 0.0661 e. The van der Waals surface area contributed by atoms with Crippen LogP contribution in [0, 0.1) is 5.92 Å². The SMILES string of the molecule is CCC1C=C(c2ccccc2)N=CC1. The number of rotatable bonds is 2. The number of benzene rings is 1. The summed E-state index contributed by atoms with van der Waals surface area (Å²) >= 11 is 0. The zero-order valence-electron chi connectivity index (χ0n) is 8.48. The Bertz CT molecular complexity index is 349. The van der Waals surface area contributed by atoms with Crippen molar-refractivity contribution in [1.82, 2.24) is 0 Å². The van der Waals surface area contributed by atoms with E-state index >= 15 is 0 Å². The second-order valence-corrected chi connectivity index (χ2v) is 3.63. The average Bonchev–Trinajstić information content (AvgIpc) is 2.30. The van der Waals surface area contributed by atoms with Crippen LogP contribution in [0.5, 0.6) is 0 Å². The van der Waals surface area contributed by atoms with Gasteiger partial charge in [-0.1, -0.05) is 43.3 Å². The van der Waals surface area contributed by atoms with E-state index in [1.807, 2.05) is 12.3 Å². The van der Waals surface area contributed by atoms with Gasteiger partial charge in [0.2, 0.25) is 0 Å². The summed E-state index contributed by atoms with van der Waals surface area (Å²) in [6.45, 7) is 2.23. The molecular formula is C13H15N. The highest BCUT2D eigenvalue weighted by Crippen LogP contribution is 2.24. The van der Waals surface area contributed by atoms with E-state index in [4.69, 9.17) is 0 Å². The monoisotopic (exact) mass is 185 g/mol. The number of hydrogen-bond acceptors (Lipinski definition) is 1. The van der Waals surface area contributed by atoms with Crippen LogP contribution in [0.4, 0.5) is 0 Å². The van der Waals surface area contributed by atoms with Crippen LogP contribution in [0.25, 0.3) is 5.70 Å². The normalized spacial score (nSPS) is 20.6. The van der Waals surface area contributed by atoms with E-state index in [1.54, 1.807) is 0 Å². The van der Waals surface area contributed by atoms with Crippen LogP contribution < -0.4 is 0 Å². The molecule has 1 unspecified atom stereocenters. The zero-order valence-corrected chi connectivity index (χ0v) is 8.48. The predicted octanol–water partition coefficient (Wildman–Crippen LogP) is 3.53. The maximum atomic E-state index is 4.43. The third kappa shape index (κ3) is 1.92. The van der Waals surface area contributed by atoms with Crippen LogP contribution in [-0.4, -0.2) is 6.21 Å². The quantitative estimate of drug-likeness (QED) is 0.668. The van der Waals surface area contributed by atoms with Gasteiger partial charge in [0.15, 0.2) is 0 Å². The van der Waals surface area contributed by atoms with Crippen molar-refractivity contribution < 1.29 is 0 Å². The summed E-state index contributed by atoms with van der Waals surface area (Å²) in [6.07, 6.45) is 6.61. The molecule has 1 aliphatic rings. The predicted molar refractivity (Wildman–Crippen MR) is 61.3 cm³/mol. The van der Waals surface area contributed by atoms with Crippen molar-refractivity contribution in [1.29, 1.82) is 0 Å². The lowest BCUT2D eigenvalue weighted by Gasteiger charge is -2.13. The van der Waals surface area contributed by atoms with Gasteiger partial charge in [-0.2, -0.15) is 0 Å². The molecule has 1 aromatic rings. The summed E-state index contributed by atoms with van der Waals surface area (Å²) in [4.78, 5) is 4.43. The summed E-state index contributed by atoms with van der Waals surface area (Å²) < 4.78 is 0. The van der Waals surface area contributed by atoms with Crippen LogP contribution in [0.3, 0.4) is 0 Å². The largest absolute Gasteiger partial charge is 0.261 e. The summed E-state index contributed by atoms with van der Waals surface area (Å²) in [6, 6.07) is 10.4. The molecule has 1 aliphatic heterocycles. The Hall–Kier alpha value is -1.37. The van der Waals surface area contributed by atoms with Gasteiger partial charge in [-0.05, 0) is 24.3 Å². The standard InChI is InChI=1S/C13H15N/c1-2-11-8-9-14-13(10-11)12-6-4-3-5-7-12/h3-7,9-11H,2,8H2,1H3. The number of allylic oxidation sites excluding steroid dienone is 1. The molecule has 1 atom stereocenters. The van der Waals surface area contributed by atoms with Crippen molar-refractivity contribution in [3.63, 3.8) is 0 Å². The third-order valence-electron chi connectivity index (χ3n) is 2.63. The van der Waals surface area contributed by atoms with E-state index in [9.17, 15) is 0 Å². The molecule has 0 spiro atoms. The molecule has 1 nitrogen and oxygen atoms in total. The lowest BCUT2D eigenvalue weighted by Crippen LogP contribution is -2.01. The van der Waals surface area contributed by atoms with Gasteiger partial charge in [-0.15, -0.1) is 0 Å². The average molecular weight is 185 g/mol. The maximum absolute atomic E-state index is 4.43. The molecule has 14 heavy (non-hydrogen) atoms. The Balaban J connectivity index is 2.26. The molecule has 0 saturated heterocycles. The second-order valence-electron chi connectivity index (χ2n) is 3.63. The van der Waals surface area contributed by atoms with Crippen molar-refractivity contribution in [3.05, 3.63) is 42.0 Å². The first-order valence-corrected chi connectivity index (χ1v) is 5.20. The minimum atomic E-state index is 0.669. The molecule has 0 saturated carbocycles. The van der Waals surface area contributed by atoms with Crippen LogP contribution in [0.2, 0.25) is 0 Å². The fraction of sp³-hybridized carbons (Fsp3) is 0.308. The van der Waals surface area contributed by atoms with Crippen LogP contribution in [0.1, 0.15) is 25.3 Å². The van der Waals surface area contributed by atoms with Gasteiger partial charge in [0.05, 0.1) is 5.70 Å². The fourth-order valence-corrected chi connectivity index (χ4v) is 1.68. The highest BCUT2D eigenvalue weighted by molar-refractivity contribution is 5.76. The minimum absolute atomic E-state index is 0.669. The molecule has 0 bridgehead atoms. The molecule has 0 N–H and O–H groups in total. The summed E-state index contributed by atoms with van der Waals surface area (Å²) in [5, 5.41) is 0. The minimum Gasteiger partial charge on any atom is -0.261 e. The molecule has 1 aromatic carbocycles. The van der Waals surface area contributed by atoms with E-state index < -0.39 is 0 Å². The number of hydrogen-bond donors (Lipinski definition) is 0. The Morgan fingerprint density at radius 1 is 1.29 bits per heavy atom. The van der Waals surface area contributed by atoms with Gasteiger partial charge in [-0.3, -0.25) is 4.99 Å². The lowest BCUT2D eigenvalue weighted by atomic mass is 9.97. The first-order chi connectivity index (χ1) is 6.90. The Kier molecular flexibility index (Phi) is 2.78. The Labute approximate surface area is 85.2 Å². The zero-order chi connectivity index (χ0) is 9.80. The van der Waals surface area contributed by atoms with E-state index in [0.717, 1.165) is 12.1 Å². The molecule has 0 aromatic heterocycles. The van der Waals surface area contributed by atoms with Crippen LogP contribution >= 0.6 is 0 Å². The van der Waals surface area contributed by atoms with E-state index in [1.165, 1.54) is 12.0 Å². The number of aliphatic imine (C=N–C) groups is 1. The summed E-state index contributed by atoms with van der Waals surface area (Å²) in [7, 11) is 0. The first-order valence-electron chi connectivity index (χ1n) is 5.20. The molecule has 0 aliphatic carbocycles. The van der Waals surface area contributed by atoms with Crippen molar-refractivity contribution in [3.8, 4) is 0 Å². The van der Waals surface area contributed by atoms with Crippen LogP contribution in [-0.2, 0) is 0 Å².